The van der Waals surface area contributed by atoms with Crippen molar-refractivity contribution in [3.8, 4) is 0 Å². The molecule has 2 saturated heterocycles. The molecule has 30 heavy (non-hydrogen) atoms. The third-order valence-corrected chi connectivity index (χ3v) is 7.83. The van der Waals surface area contributed by atoms with E-state index in [1.807, 2.05) is 4.90 Å². The van der Waals surface area contributed by atoms with Crippen LogP contribution in [-0.4, -0.2) is 85.7 Å². The van der Waals surface area contributed by atoms with Gasteiger partial charge < -0.3 is 10.2 Å². The van der Waals surface area contributed by atoms with E-state index in [-0.39, 0.29) is 23.3 Å². The van der Waals surface area contributed by atoms with Gasteiger partial charge in [0.25, 0.3) is 0 Å². The Morgan fingerprint density at radius 2 is 1.67 bits per heavy atom. The van der Waals surface area contributed by atoms with Crippen molar-refractivity contribution >= 4 is 21.8 Å². The minimum absolute atomic E-state index is 0.00454. The molecule has 1 saturated carbocycles. The van der Waals surface area contributed by atoms with E-state index in [1.165, 1.54) is 16.4 Å². The molecule has 3 fully saturated rings. The molecule has 0 aromatic heterocycles. The maximum absolute atomic E-state index is 13.2. The Labute approximate surface area is 176 Å². The number of carbonyl (C=O) groups excluding carboxylic acids is 2. The average molecular weight is 439 g/mol. The molecule has 1 aliphatic carbocycles. The highest BCUT2D eigenvalue weighted by Crippen LogP contribution is 2.28. The molecule has 1 aromatic carbocycles. The number of benzene rings is 1. The predicted octanol–water partition coefficient (Wildman–Crippen LogP) is 0.402. The smallest absolute Gasteiger partial charge is 0.243 e. The van der Waals surface area contributed by atoms with Crippen molar-refractivity contribution < 1.29 is 22.4 Å². The van der Waals surface area contributed by atoms with Gasteiger partial charge >= 0.3 is 0 Å². The zero-order valence-corrected chi connectivity index (χ0v) is 17.6. The van der Waals surface area contributed by atoms with Crippen LogP contribution in [0.3, 0.4) is 0 Å². The molecular weight excluding hydrogens is 411 g/mol. The maximum atomic E-state index is 13.2. The number of nitrogens with one attached hydrogen (secondary N) is 1. The number of sulfonamides is 1. The van der Waals surface area contributed by atoms with Gasteiger partial charge in [0.2, 0.25) is 21.8 Å². The van der Waals surface area contributed by atoms with Gasteiger partial charge in [0, 0.05) is 38.8 Å². The summed E-state index contributed by atoms with van der Waals surface area (Å²) >= 11 is 0. The third-order valence-electron chi connectivity index (χ3n) is 5.90. The van der Waals surface area contributed by atoms with Crippen molar-refractivity contribution in [2.75, 3.05) is 39.3 Å². The SMILES string of the molecule is O=C(CN1CCN(C(=O)[C@@H]2CCCN2S(=O)(=O)c2ccc(F)cc2)CC1)NC1CC1. The van der Waals surface area contributed by atoms with Crippen LogP contribution >= 0.6 is 0 Å². The highest BCUT2D eigenvalue weighted by Gasteiger charge is 2.41. The summed E-state index contributed by atoms with van der Waals surface area (Å²) in [6, 6.07) is 4.28. The van der Waals surface area contributed by atoms with Gasteiger partial charge in [-0.1, -0.05) is 0 Å². The van der Waals surface area contributed by atoms with Crippen molar-refractivity contribution in [1.82, 2.24) is 19.4 Å². The Hall–Kier alpha value is -2.04. The second kappa shape index (κ2) is 8.60. The molecule has 2 aliphatic heterocycles. The van der Waals surface area contributed by atoms with E-state index in [9.17, 15) is 22.4 Å². The van der Waals surface area contributed by atoms with E-state index < -0.39 is 21.9 Å². The molecule has 2 heterocycles. The lowest BCUT2D eigenvalue weighted by atomic mass is 10.2. The molecule has 4 rings (SSSR count). The summed E-state index contributed by atoms with van der Waals surface area (Å²) in [6.07, 6.45) is 3.18. The van der Waals surface area contributed by atoms with Gasteiger partial charge in [-0.2, -0.15) is 4.31 Å². The van der Waals surface area contributed by atoms with Crippen LogP contribution in [-0.2, 0) is 19.6 Å². The lowest BCUT2D eigenvalue weighted by molar-refractivity contribution is -0.136. The van der Waals surface area contributed by atoms with Crippen LogP contribution < -0.4 is 5.32 Å². The number of piperazine rings is 1. The van der Waals surface area contributed by atoms with E-state index in [2.05, 4.69) is 5.32 Å². The average Bonchev–Trinajstić information content (AvgIpc) is 3.38. The first kappa shape index (κ1) is 21.2. The van der Waals surface area contributed by atoms with Gasteiger partial charge in [0.15, 0.2) is 0 Å². The lowest BCUT2D eigenvalue weighted by Gasteiger charge is -2.36. The van der Waals surface area contributed by atoms with Gasteiger partial charge in [-0.05, 0) is 49.9 Å². The summed E-state index contributed by atoms with van der Waals surface area (Å²) in [6.45, 7) is 2.71. The molecule has 8 nitrogen and oxygen atoms in total. The molecule has 1 atom stereocenters. The Kier molecular flexibility index (Phi) is 6.08. The second-order valence-corrected chi connectivity index (χ2v) is 10.1. The minimum atomic E-state index is -3.86. The van der Waals surface area contributed by atoms with E-state index in [0.29, 0.717) is 51.6 Å². The van der Waals surface area contributed by atoms with Crippen molar-refractivity contribution in [2.24, 2.45) is 0 Å². The Balaban J connectivity index is 1.35. The Morgan fingerprint density at radius 3 is 2.30 bits per heavy atom. The van der Waals surface area contributed by atoms with E-state index in [1.54, 1.807) is 4.90 Å². The van der Waals surface area contributed by atoms with Crippen LogP contribution in [0.4, 0.5) is 4.39 Å². The maximum Gasteiger partial charge on any atom is 0.243 e. The van der Waals surface area contributed by atoms with Crippen LogP contribution in [0, 0.1) is 5.82 Å². The Bertz CT molecular complexity index is 896. The zero-order chi connectivity index (χ0) is 21.3. The van der Waals surface area contributed by atoms with E-state index >= 15 is 0 Å². The molecule has 0 spiro atoms. The van der Waals surface area contributed by atoms with Crippen LogP contribution in [0.15, 0.2) is 29.2 Å². The molecule has 164 valence electrons. The molecule has 3 aliphatic rings. The minimum Gasteiger partial charge on any atom is -0.352 e. The van der Waals surface area contributed by atoms with Gasteiger partial charge in [-0.3, -0.25) is 14.5 Å². The van der Waals surface area contributed by atoms with Crippen LogP contribution in [0.1, 0.15) is 25.7 Å². The summed E-state index contributed by atoms with van der Waals surface area (Å²) in [5, 5.41) is 2.96. The summed E-state index contributed by atoms with van der Waals surface area (Å²) in [4.78, 5) is 28.8. The molecule has 0 unspecified atom stereocenters. The predicted molar refractivity (Wildman–Crippen MR) is 107 cm³/mol. The highest BCUT2D eigenvalue weighted by molar-refractivity contribution is 7.89. The molecule has 0 bridgehead atoms. The van der Waals surface area contributed by atoms with Crippen LogP contribution in [0.25, 0.3) is 0 Å². The fraction of sp³-hybridized carbons (Fsp3) is 0.600. The number of halogens is 1. The van der Waals surface area contributed by atoms with Crippen LogP contribution in [0.2, 0.25) is 0 Å². The quantitative estimate of drug-likeness (QED) is 0.695. The number of hydrogen-bond acceptors (Lipinski definition) is 5. The number of rotatable bonds is 6. The first-order valence-electron chi connectivity index (χ1n) is 10.4. The van der Waals surface area contributed by atoms with E-state index in [0.717, 1.165) is 25.0 Å². The van der Waals surface area contributed by atoms with Gasteiger partial charge in [0.1, 0.15) is 11.9 Å². The van der Waals surface area contributed by atoms with Crippen LogP contribution in [0.5, 0.6) is 0 Å². The number of hydrogen-bond donors (Lipinski definition) is 1. The molecule has 10 heteroatoms. The third kappa shape index (κ3) is 4.65. The van der Waals surface area contributed by atoms with Crippen molar-refractivity contribution in [1.29, 1.82) is 0 Å². The van der Waals surface area contributed by atoms with Crippen molar-refractivity contribution in [2.45, 2.75) is 42.7 Å². The molecule has 0 radical (unpaired) electrons. The number of carbonyl (C=O) groups is 2. The molecule has 1 N–H and O–H groups in total. The summed E-state index contributed by atoms with van der Waals surface area (Å²) in [5.41, 5.74) is 0. The first-order valence-corrected chi connectivity index (χ1v) is 11.9. The first-order chi connectivity index (χ1) is 14.3. The van der Waals surface area contributed by atoms with Gasteiger partial charge in [-0.25, -0.2) is 12.8 Å². The molecule has 1 aromatic rings. The zero-order valence-electron chi connectivity index (χ0n) is 16.8. The van der Waals surface area contributed by atoms with Gasteiger partial charge in [0.05, 0.1) is 11.4 Å². The Morgan fingerprint density at radius 1 is 1.00 bits per heavy atom. The number of amides is 2. The van der Waals surface area contributed by atoms with E-state index in [4.69, 9.17) is 0 Å². The fourth-order valence-corrected chi connectivity index (χ4v) is 5.71. The largest absolute Gasteiger partial charge is 0.352 e. The topological polar surface area (TPSA) is 90.0 Å². The standard InChI is InChI=1S/C20H27FN4O4S/c21-15-3-7-17(8-4-15)30(28,29)25-9-1-2-18(25)20(27)24-12-10-23(11-13-24)14-19(26)22-16-5-6-16/h3-4,7-8,16,18H,1-2,5-6,9-14H2,(H,22,26)/t18-/m0/s1. The van der Waals surface area contributed by atoms with Crippen molar-refractivity contribution in [3.63, 3.8) is 0 Å². The lowest BCUT2D eigenvalue weighted by Crippen LogP contribution is -2.55. The fourth-order valence-electron chi connectivity index (χ4n) is 4.06. The highest BCUT2D eigenvalue weighted by atomic mass is 32.2. The summed E-state index contributed by atoms with van der Waals surface area (Å²) < 4.78 is 40.4. The summed E-state index contributed by atoms with van der Waals surface area (Å²) in [7, 11) is -3.86. The molecule has 2 amide bonds. The summed E-state index contributed by atoms with van der Waals surface area (Å²) in [5.74, 6) is -0.684. The number of nitrogens with zero attached hydrogens (tertiary/aromatic N) is 3. The molecular formula is C20H27FN4O4S. The monoisotopic (exact) mass is 438 g/mol. The second-order valence-electron chi connectivity index (χ2n) is 8.17. The van der Waals surface area contributed by atoms with Gasteiger partial charge in [-0.15, -0.1) is 0 Å². The van der Waals surface area contributed by atoms with Crippen molar-refractivity contribution in [3.05, 3.63) is 30.1 Å². The normalized spacial score (nSPS) is 23.5.